The second-order valence-electron chi connectivity index (χ2n) is 3.47. The number of anilines is 1. The van der Waals surface area contributed by atoms with E-state index < -0.39 is 10.0 Å². The summed E-state index contributed by atoms with van der Waals surface area (Å²) in [5.74, 6) is -0.140. The summed E-state index contributed by atoms with van der Waals surface area (Å²) in [6, 6.07) is 8.58. The lowest BCUT2D eigenvalue weighted by Crippen LogP contribution is -2.31. The van der Waals surface area contributed by atoms with Crippen molar-refractivity contribution in [3.05, 3.63) is 30.3 Å². The fourth-order valence-electron chi connectivity index (χ4n) is 1.17. The highest BCUT2D eigenvalue weighted by molar-refractivity contribution is 7.89. The van der Waals surface area contributed by atoms with Gasteiger partial charge in [-0.15, -0.1) is 0 Å². The third kappa shape index (κ3) is 6.54. The second-order valence-corrected chi connectivity index (χ2v) is 5.20. The summed E-state index contributed by atoms with van der Waals surface area (Å²) in [6.45, 7) is 0.259. The number of hydrogen-bond acceptors (Lipinski definition) is 3. The molecule has 7 heteroatoms. The Morgan fingerprint density at radius 3 is 2.47 bits per heavy atom. The normalized spacial score (nSPS) is 10.9. The van der Waals surface area contributed by atoms with Crippen LogP contribution in [0.3, 0.4) is 0 Å². The van der Waals surface area contributed by atoms with Gasteiger partial charge in [-0.25, -0.2) is 18.4 Å². The van der Waals surface area contributed by atoms with Gasteiger partial charge in [0, 0.05) is 12.2 Å². The molecule has 4 N–H and O–H groups in total. The van der Waals surface area contributed by atoms with Crippen molar-refractivity contribution in [2.75, 3.05) is 17.6 Å². The Bertz CT molecular complexity index is 459. The first-order valence-corrected chi connectivity index (χ1v) is 6.79. The summed E-state index contributed by atoms with van der Waals surface area (Å²) >= 11 is 0. The molecule has 0 unspecified atom stereocenters. The van der Waals surface area contributed by atoms with Crippen LogP contribution in [-0.4, -0.2) is 26.7 Å². The Labute approximate surface area is 100 Å². The Morgan fingerprint density at radius 1 is 1.24 bits per heavy atom. The Kier molecular flexibility index (Phi) is 4.92. The number of para-hydroxylation sites is 1. The molecular formula is C10H15N3O3S. The molecule has 0 aliphatic carbocycles. The van der Waals surface area contributed by atoms with Gasteiger partial charge in [-0.3, -0.25) is 0 Å². The minimum absolute atomic E-state index is 0.140. The largest absolute Gasteiger partial charge is 0.338 e. The van der Waals surface area contributed by atoms with Crippen LogP contribution in [0.25, 0.3) is 0 Å². The number of carbonyl (C=O) groups is 1. The summed E-state index contributed by atoms with van der Waals surface area (Å²) in [4.78, 5) is 11.3. The van der Waals surface area contributed by atoms with E-state index in [1.807, 2.05) is 6.07 Å². The number of sulfonamides is 1. The summed E-state index contributed by atoms with van der Waals surface area (Å²) in [6.07, 6.45) is 0.293. The van der Waals surface area contributed by atoms with Gasteiger partial charge < -0.3 is 10.6 Å². The van der Waals surface area contributed by atoms with E-state index in [0.717, 1.165) is 0 Å². The first-order valence-electron chi connectivity index (χ1n) is 5.08. The van der Waals surface area contributed by atoms with Gasteiger partial charge in [0.25, 0.3) is 0 Å². The SMILES string of the molecule is NS(=O)(=O)CCCNC(=O)Nc1ccccc1. The van der Waals surface area contributed by atoms with Gasteiger partial charge in [0.1, 0.15) is 0 Å². The van der Waals surface area contributed by atoms with Gasteiger partial charge in [-0.05, 0) is 18.6 Å². The standard InChI is InChI=1S/C10H15N3O3S/c11-17(15,16)8-4-7-12-10(14)13-9-5-2-1-3-6-9/h1-3,5-6H,4,7-8H2,(H2,11,15,16)(H2,12,13,14). The number of hydrogen-bond donors (Lipinski definition) is 3. The van der Waals surface area contributed by atoms with Crippen LogP contribution >= 0.6 is 0 Å². The highest BCUT2D eigenvalue weighted by Crippen LogP contribution is 2.03. The minimum atomic E-state index is -3.45. The molecule has 0 aliphatic rings. The lowest BCUT2D eigenvalue weighted by atomic mass is 10.3. The molecule has 17 heavy (non-hydrogen) atoms. The maximum atomic E-state index is 11.3. The summed E-state index contributed by atoms with van der Waals surface area (Å²) < 4.78 is 21.2. The molecule has 0 heterocycles. The van der Waals surface area contributed by atoms with Crippen LogP contribution in [0.1, 0.15) is 6.42 Å². The molecule has 0 aromatic heterocycles. The van der Waals surface area contributed by atoms with E-state index in [4.69, 9.17) is 5.14 Å². The van der Waals surface area contributed by atoms with Crippen molar-refractivity contribution in [1.29, 1.82) is 0 Å². The predicted octanol–water partition coefficient (Wildman–Crippen LogP) is 0.487. The van der Waals surface area contributed by atoms with Crippen LogP contribution in [-0.2, 0) is 10.0 Å². The number of nitrogens with two attached hydrogens (primary N) is 1. The average molecular weight is 257 g/mol. The zero-order chi connectivity index (χ0) is 12.7. The highest BCUT2D eigenvalue weighted by Gasteiger charge is 2.03. The van der Waals surface area contributed by atoms with E-state index >= 15 is 0 Å². The molecule has 0 saturated carbocycles. The lowest BCUT2D eigenvalue weighted by molar-refractivity contribution is 0.252. The molecule has 1 aromatic rings. The fraction of sp³-hybridized carbons (Fsp3) is 0.300. The number of primary sulfonamides is 1. The third-order valence-corrected chi connectivity index (χ3v) is 2.78. The first kappa shape index (κ1) is 13.5. The van der Waals surface area contributed by atoms with Gasteiger partial charge >= 0.3 is 6.03 Å². The molecular weight excluding hydrogens is 242 g/mol. The number of rotatable bonds is 5. The average Bonchev–Trinajstić information content (AvgIpc) is 2.25. The number of urea groups is 1. The molecule has 2 amide bonds. The van der Waals surface area contributed by atoms with Crippen molar-refractivity contribution in [3.8, 4) is 0 Å². The van der Waals surface area contributed by atoms with E-state index in [0.29, 0.717) is 12.1 Å². The van der Waals surface area contributed by atoms with Crippen molar-refractivity contribution < 1.29 is 13.2 Å². The molecule has 1 rings (SSSR count). The minimum Gasteiger partial charge on any atom is -0.338 e. The van der Waals surface area contributed by atoms with Gasteiger partial charge in [0.15, 0.2) is 0 Å². The molecule has 6 nitrogen and oxygen atoms in total. The van der Waals surface area contributed by atoms with Crippen LogP contribution in [0.4, 0.5) is 10.5 Å². The second kappa shape index (κ2) is 6.21. The molecule has 0 fully saturated rings. The van der Waals surface area contributed by atoms with E-state index in [1.165, 1.54) is 0 Å². The molecule has 0 radical (unpaired) electrons. The zero-order valence-electron chi connectivity index (χ0n) is 9.22. The van der Waals surface area contributed by atoms with E-state index in [1.54, 1.807) is 24.3 Å². The van der Waals surface area contributed by atoms with E-state index in [9.17, 15) is 13.2 Å². The van der Waals surface area contributed by atoms with Crippen LogP contribution < -0.4 is 15.8 Å². The molecule has 0 atom stereocenters. The van der Waals surface area contributed by atoms with Crippen molar-refractivity contribution in [3.63, 3.8) is 0 Å². The van der Waals surface area contributed by atoms with Crippen molar-refractivity contribution in [2.45, 2.75) is 6.42 Å². The Morgan fingerprint density at radius 2 is 1.88 bits per heavy atom. The summed E-state index contributed by atoms with van der Waals surface area (Å²) in [5, 5.41) is 9.96. The molecule has 0 saturated heterocycles. The van der Waals surface area contributed by atoms with Crippen LogP contribution in [0.15, 0.2) is 30.3 Å². The summed E-state index contributed by atoms with van der Waals surface area (Å²) in [5.41, 5.74) is 0.677. The van der Waals surface area contributed by atoms with Crippen LogP contribution in [0.5, 0.6) is 0 Å². The van der Waals surface area contributed by atoms with Crippen LogP contribution in [0.2, 0.25) is 0 Å². The third-order valence-electron chi connectivity index (χ3n) is 1.92. The molecule has 0 aliphatic heterocycles. The predicted molar refractivity (Wildman–Crippen MR) is 66.1 cm³/mol. The maximum Gasteiger partial charge on any atom is 0.319 e. The Hall–Kier alpha value is -1.60. The number of benzene rings is 1. The van der Waals surface area contributed by atoms with Crippen LogP contribution in [0, 0.1) is 0 Å². The first-order chi connectivity index (χ1) is 7.97. The smallest absolute Gasteiger partial charge is 0.319 e. The van der Waals surface area contributed by atoms with Crippen molar-refractivity contribution >= 4 is 21.7 Å². The number of nitrogens with one attached hydrogen (secondary N) is 2. The lowest BCUT2D eigenvalue weighted by Gasteiger charge is -2.06. The zero-order valence-corrected chi connectivity index (χ0v) is 10.0. The van der Waals surface area contributed by atoms with Gasteiger partial charge in [-0.1, -0.05) is 18.2 Å². The topological polar surface area (TPSA) is 101 Å². The highest BCUT2D eigenvalue weighted by atomic mass is 32.2. The molecule has 94 valence electrons. The molecule has 1 aromatic carbocycles. The maximum absolute atomic E-state index is 11.3. The number of carbonyl (C=O) groups excluding carboxylic acids is 1. The van der Waals surface area contributed by atoms with Gasteiger partial charge in [0.05, 0.1) is 5.75 Å². The van der Waals surface area contributed by atoms with Gasteiger partial charge in [-0.2, -0.15) is 0 Å². The molecule has 0 spiro atoms. The Balaban J connectivity index is 2.23. The van der Waals surface area contributed by atoms with Crippen molar-refractivity contribution in [2.24, 2.45) is 5.14 Å². The molecule has 0 bridgehead atoms. The monoisotopic (exact) mass is 257 g/mol. The van der Waals surface area contributed by atoms with E-state index in [2.05, 4.69) is 10.6 Å². The van der Waals surface area contributed by atoms with Crippen molar-refractivity contribution in [1.82, 2.24) is 5.32 Å². The fourth-order valence-corrected chi connectivity index (χ4v) is 1.72. The quantitative estimate of drug-likeness (QED) is 0.669. The van der Waals surface area contributed by atoms with Gasteiger partial charge in [0.2, 0.25) is 10.0 Å². The number of amides is 2. The van der Waals surface area contributed by atoms with E-state index in [-0.39, 0.29) is 18.3 Å². The summed E-state index contributed by atoms with van der Waals surface area (Å²) in [7, 11) is -3.45.